The van der Waals surface area contributed by atoms with Crippen molar-refractivity contribution in [3.05, 3.63) is 42.5 Å². The van der Waals surface area contributed by atoms with E-state index in [1.54, 1.807) is 0 Å². The molecule has 0 aliphatic rings. The van der Waals surface area contributed by atoms with E-state index < -0.39 is 12.1 Å². The molecule has 0 aromatic heterocycles. The molecule has 1 N–H and O–H groups in total. The average Bonchev–Trinajstić information content (AvgIpc) is 2.42. The molecule has 0 unspecified atom stereocenters. The molecule has 98 valence electrons. The SMILES string of the molecule is C=CC(=O)OC[C@@H](O)COc1cccc(CC)c1. The fraction of sp³-hybridized carbons (Fsp3) is 0.357. The molecule has 18 heavy (non-hydrogen) atoms. The molecule has 0 aliphatic heterocycles. The lowest BCUT2D eigenvalue weighted by Crippen LogP contribution is -2.24. The Morgan fingerprint density at radius 3 is 2.94 bits per heavy atom. The quantitative estimate of drug-likeness (QED) is 0.591. The van der Waals surface area contributed by atoms with Crippen LogP contribution in [0.3, 0.4) is 0 Å². The van der Waals surface area contributed by atoms with Gasteiger partial charge in [0.25, 0.3) is 0 Å². The van der Waals surface area contributed by atoms with Crippen LogP contribution in [0, 0.1) is 0 Å². The van der Waals surface area contributed by atoms with Gasteiger partial charge in [-0.15, -0.1) is 0 Å². The van der Waals surface area contributed by atoms with Crippen molar-refractivity contribution in [2.75, 3.05) is 13.2 Å². The third kappa shape index (κ3) is 5.01. The largest absolute Gasteiger partial charge is 0.491 e. The van der Waals surface area contributed by atoms with Crippen LogP contribution in [-0.4, -0.2) is 30.4 Å². The molecule has 0 saturated carbocycles. The smallest absolute Gasteiger partial charge is 0.330 e. The fourth-order valence-electron chi connectivity index (χ4n) is 1.33. The summed E-state index contributed by atoms with van der Waals surface area (Å²) < 4.78 is 10.1. The summed E-state index contributed by atoms with van der Waals surface area (Å²) in [7, 11) is 0. The van der Waals surface area contributed by atoms with E-state index in [-0.39, 0.29) is 13.2 Å². The lowest BCUT2D eigenvalue weighted by Gasteiger charge is -2.12. The van der Waals surface area contributed by atoms with Crippen LogP contribution in [0.4, 0.5) is 0 Å². The minimum absolute atomic E-state index is 0.0809. The second-order valence-electron chi connectivity index (χ2n) is 3.80. The van der Waals surface area contributed by atoms with Crippen LogP contribution in [0.15, 0.2) is 36.9 Å². The Morgan fingerprint density at radius 2 is 2.28 bits per heavy atom. The second kappa shape index (κ2) is 7.50. The number of ether oxygens (including phenoxy) is 2. The first-order valence-electron chi connectivity index (χ1n) is 5.84. The van der Waals surface area contributed by atoms with Gasteiger partial charge in [-0.1, -0.05) is 25.6 Å². The van der Waals surface area contributed by atoms with E-state index in [0.717, 1.165) is 12.5 Å². The van der Waals surface area contributed by atoms with Crippen LogP contribution in [0.25, 0.3) is 0 Å². The van der Waals surface area contributed by atoms with Gasteiger partial charge in [0.2, 0.25) is 0 Å². The van der Waals surface area contributed by atoms with Gasteiger partial charge in [0.1, 0.15) is 25.1 Å². The Kier molecular flexibility index (Phi) is 5.94. The van der Waals surface area contributed by atoms with E-state index in [2.05, 4.69) is 13.5 Å². The molecule has 0 aliphatic carbocycles. The molecule has 4 heteroatoms. The number of esters is 1. The van der Waals surface area contributed by atoms with Crippen molar-refractivity contribution in [3.8, 4) is 5.75 Å². The maximum absolute atomic E-state index is 10.8. The van der Waals surface area contributed by atoms with E-state index in [1.165, 1.54) is 5.56 Å². The predicted octanol–water partition coefficient (Wildman–Crippen LogP) is 1.72. The number of aryl methyl sites for hydroxylation is 1. The first-order valence-corrected chi connectivity index (χ1v) is 5.84. The van der Waals surface area contributed by atoms with Crippen molar-refractivity contribution in [1.29, 1.82) is 0 Å². The molecule has 0 spiro atoms. The Balaban J connectivity index is 2.35. The van der Waals surface area contributed by atoms with Gasteiger partial charge in [0.15, 0.2) is 0 Å². The number of carbonyl (C=O) groups excluding carboxylic acids is 1. The number of hydrogen-bond acceptors (Lipinski definition) is 4. The Labute approximate surface area is 107 Å². The van der Waals surface area contributed by atoms with Crippen molar-refractivity contribution in [2.24, 2.45) is 0 Å². The number of hydrogen-bond donors (Lipinski definition) is 1. The van der Waals surface area contributed by atoms with Crippen LogP contribution in [0.1, 0.15) is 12.5 Å². The molecular formula is C14H18O4. The van der Waals surface area contributed by atoms with Crippen molar-refractivity contribution in [3.63, 3.8) is 0 Å². The van der Waals surface area contributed by atoms with E-state index in [1.807, 2.05) is 24.3 Å². The van der Waals surface area contributed by atoms with Crippen LogP contribution < -0.4 is 4.74 Å². The van der Waals surface area contributed by atoms with Gasteiger partial charge in [-0.25, -0.2) is 4.79 Å². The lowest BCUT2D eigenvalue weighted by atomic mass is 10.2. The van der Waals surface area contributed by atoms with E-state index in [0.29, 0.717) is 5.75 Å². The summed E-state index contributed by atoms with van der Waals surface area (Å²) in [5, 5.41) is 9.54. The average molecular weight is 250 g/mol. The Hall–Kier alpha value is -1.81. The van der Waals surface area contributed by atoms with Gasteiger partial charge < -0.3 is 14.6 Å². The van der Waals surface area contributed by atoms with Crippen molar-refractivity contribution < 1.29 is 19.4 Å². The number of carbonyl (C=O) groups is 1. The van der Waals surface area contributed by atoms with Crippen LogP contribution in [0.5, 0.6) is 5.75 Å². The van der Waals surface area contributed by atoms with Gasteiger partial charge >= 0.3 is 5.97 Å². The highest BCUT2D eigenvalue weighted by Crippen LogP contribution is 2.13. The summed E-state index contributed by atoms with van der Waals surface area (Å²) in [6, 6.07) is 7.65. The summed E-state index contributed by atoms with van der Waals surface area (Å²) in [5.74, 6) is 0.144. The Bertz CT molecular complexity index is 401. The summed E-state index contributed by atoms with van der Waals surface area (Å²) in [6.45, 7) is 5.30. The molecule has 0 saturated heterocycles. The molecule has 1 atom stereocenters. The number of rotatable bonds is 7. The number of aliphatic hydroxyl groups excluding tert-OH is 1. The highest BCUT2D eigenvalue weighted by molar-refractivity contribution is 5.81. The minimum Gasteiger partial charge on any atom is -0.491 e. The van der Waals surface area contributed by atoms with Gasteiger partial charge in [0, 0.05) is 6.08 Å². The van der Waals surface area contributed by atoms with Crippen LogP contribution in [0.2, 0.25) is 0 Å². The summed E-state index contributed by atoms with van der Waals surface area (Å²) in [6.07, 6.45) is 1.13. The first kappa shape index (κ1) is 14.3. The molecule has 4 nitrogen and oxygen atoms in total. The molecule has 1 aromatic rings. The number of aliphatic hydroxyl groups is 1. The molecule has 0 heterocycles. The first-order chi connectivity index (χ1) is 8.65. The van der Waals surface area contributed by atoms with Crippen molar-refractivity contribution in [2.45, 2.75) is 19.4 Å². The maximum atomic E-state index is 10.8. The van der Waals surface area contributed by atoms with E-state index in [4.69, 9.17) is 9.47 Å². The standard InChI is InChI=1S/C14H18O4/c1-3-11-6-5-7-13(8-11)17-9-12(15)10-18-14(16)4-2/h4-8,12,15H,2-3,9-10H2,1H3/t12-/m0/s1. The number of benzene rings is 1. The Morgan fingerprint density at radius 1 is 1.50 bits per heavy atom. The third-order valence-corrected chi connectivity index (χ3v) is 2.33. The van der Waals surface area contributed by atoms with Crippen molar-refractivity contribution in [1.82, 2.24) is 0 Å². The van der Waals surface area contributed by atoms with E-state index in [9.17, 15) is 9.90 Å². The molecule has 0 bridgehead atoms. The zero-order chi connectivity index (χ0) is 13.4. The van der Waals surface area contributed by atoms with Crippen LogP contribution in [-0.2, 0) is 16.0 Å². The van der Waals surface area contributed by atoms with Gasteiger partial charge in [0.05, 0.1) is 0 Å². The normalized spacial score (nSPS) is 11.7. The monoisotopic (exact) mass is 250 g/mol. The predicted molar refractivity (Wildman–Crippen MR) is 68.5 cm³/mol. The topological polar surface area (TPSA) is 55.8 Å². The molecule has 0 amide bonds. The molecule has 1 aromatic carbocycles. The maximum Gasteiger partial charge on any atom is 0.330 e. The van der Waals surface area contributed by atoms with Crippen LogP contribution >= 0.6 is 0 Å². The lowest BCUT2D eigenvalue weighted by molar-refractivity contribution is -0.141. The van der Waals surface area contributed by atoms with Gasteiger partial charge in [-0.3, -0.25) is 0 Å². The zero-order valence-electron chi connectivity index (χ0n) is 10.5. The highest BCUT2D eigenvalue weighted by Gasteiger charge is 2.08. The van der Waals surface area contributed by atoms with Gasteiger partial charge in [-0.05, 0) is 24.1 Å². The minimum atomic E-state index is -0.848. The summed E-state index contributed by atoms with van der Waals surface area (Å²) in [4.78, 5) is 10.8. The third-order valence-electron chi connectivity index (χ3n) is 2.33. The molecule has 1 rings (SSSR count). The van der Waals surface area contributed by atoms with E-state index >= 15 is 0 Å². The zero-order valence-corrected chi connectivity index (χ0v) is 10.5. The highest BCUT2D eigenvalue weighted by atomic mass is 16.5. The molecule has 0 radical (unpaired) electrons. The molecule has 0 fully saturated rings. The second-order valence-corrected chi connectivity index (χ2v) is 3.80. The molecular weight excluding hydrogens is 232 g/mol. The fourth-order valence-corrected chi connectivity index (χ4v) is 1.33. The van der Waals surface area contributed by atoms with Crippen molar-refractivity contribution >= 4 is 5.97 Å². The summed E-state index contributed by atoms with van der Waals surface area (Å²) in [5.41, 5.74) is 1.17. The van der Waals surface area contributed by atoms with Gasteiger partial charge in [-0.2, -0.15) is 0 Å². The summed E-state index contributed by atoms with van der Waals surface area (Å²) >= 11 is 0.